The number of hydrogen-bond acceptors (Lipinski definition) is 8. The van der Waals surface area contributed by atoms with Crippen molar-refractivity contribution in [1.29, 1.82) is 0 Å². The molecule has 2 aliphatic heterocycles. The maximum Gasteiger partial charge on any atom is 0.225 e. The Kier molecular flexibility index (Phi) is 7.19. The summed E-state index contributed by atoms with van der Waals surface area (Å²) in [6.45, 7) is 2.15. The molecule has 4 atom stereocenters. The van der Waals surface area contributed by atoms with Crippen molar-refractivity contribution in [3.63, 3.8) is 0 Å². The van der Waals surface area contributed by atoms with E-state index in [4.69, 9.17) is 9.47 Å². The number of piperazine rings is 1. The van der Waals surface area contributed by atoms with E-state index in [1.807, 2.05) is 24.3 Å². The maximum absolute atomic E-state index is 12.7. The minimum atomic E-state index is -3.45. The second kappa shape index (κ2) is 9.48. The van der Waals surface area contributed by atoms with Crippen LogP contribution in [-0.4, -0.2) is 99.9 Å². The maximum atomic E-state index is 12.7. The number of nitrogens with zero attached hydrogens (tertiary/aromatic N) is 2. The van der Waals surface area contributed by atoms with Crippen LogP contribution in [0.5, 0.6) is 5.75 Å². The van der Waals surface area contributed by atoms with E-state index in [2.05, 4.69) is 9.62 Å². The van der Waals surface area contributed by atoms with Crippen LogP contribution in [-0.2, 0) is 19.6 Å². The number of benzene rings is 1. The lowest BCUT2D eigenvalue weighted by atomic mass is 10.0. The van der Waals surface area contributed by atoms with Crippen LogP contribution < -0.4 is 14.4 Å². The van der Waals surface area contributed by atoms with Crippen molar-refractivity contribution in [2.45, 2.75) is 30.8 Å². The van der Waals surface area contributed by atoms with Crippen molar-refractivity contribution < 1.29 is 32.9 Å². The van der Waals surface area contributed by atoms with Gasteiger partial charge in [-0.2, -0.15) is 0 Å². The molecule has 0 radical (unpaired) electrons. The van der Waals surface area contributed by atoms with Crippen LogP contribution in [0.15, 0.2) is 24.3 Å². The average Bonchev–Trinajstić information content (AvgIpc) is 2.99. The highest BCUT2D eigenvalue weighted by molar-refractivity contribution is 7.88. The van der Waals surface area contributed by atoms with Crippen molar-refractivity contribution in [3.05, 3.63) is 24.3 Å². The Morgan fingerprint density at radius 2 is 1.80 bits per heavy atom. The molecule has 0 aromatic heterocycles. The first-order valence-electron chi connectivity index (χ1n) is 9.81. The summed E-state index contributed by atoms with van der Waals surface area (Å²) in [6, 6.07) is 7.72. The Hall–Kier alpha value is -1.92. The number of nitrogens with one attached hydrogen (secondary N) is 1. The minimum Gasteiger partial charge on any atom is -0.495 e. The third kappa shape index (κ3) is 5.41. The van der Waals surface area contributed by atoms with Gasteiger partial charge in [0, 0.05) is 32.7 Å². The Morgan fingerprint density at radius 1 is 1.17 bits per heavy atom. The second-order valence-corrected chi connectivity index (χ2v) is 9.39. The predicted octanol–water partition coefficient (Wildman–Crippen LogP) is -1.23. The van der Waals surface area contributed by atoms with Crippen LogP contribution in [0.2, 0.25) is 0 Å². The molecular weight excluding hydrogens is 414 g/mol. The number of para-hydroxylation sites is 2. The molecule has 10 nitrogen and oxygen atoms in total. The number of ether oxygens (including phenoxy) is 2. The van der Waals surface area contributed by atoms with Crippen LogP contribution in [0.4, 0.5) is 5.69 Å². The molecule has 2 fully saturated rings. The largest absolute Gasteiger partial charge is 0.495 e. The molecule has 30 heavy (non-hydrogen) atoms. The summed E-state index contributed by atoms with van der Waals surface area (Å²) in [5.74, 6) is 0.602. The Morgan fingerprint density at radius 3 is 2.43 bits per heavy atom. The molecule has 0 spiro atoms. The lowest BCUT2D eigenvalue weighted by molar-refractivity contribution is -0.135. The van der Waals surface area contributed by atoms with Crippen molar-refractivity contribution in [2.75, 3.05) is 51.0 Å². The summed E-state index contributed by atoms with van der Waals surface area (Å²) in [4.78, 5) is 16.6. The van der Waals surface area contributed by atoms with Gasteiger partial charge in [-0.1, -0.05) is 12.1 Å². The molecule has 1 aromatic carbocycles. The van der Waals surface area contributed by atoms with Gasteiger partial charge in [0.1, 0.15) is 24.1 Å². The highest BCUT2D eigenvalue weighted by atomic mass is 32.2. The van der Waals surface area contributed by atoms with Crippen molar-refractivity contribution >= 4 is 21.6 Å². The number of methoxy groups -OCH3 is 1. The molecule has 4 unspecified atom stereocenters. The van der Waals surface area contributed by atoms with Gasteiger partial charge >= 0.3 is 0 Å². The van der Waals surface area contributed by atoms with E-state index >= 15 is 0 Å². The predicted molar refractivity (Wildman–Crippen MR) is 110 cm³/mol. The smallest absolute Gasteiger partial charge is 0.225 e. The molecule has 2 saturated heterocycles. The van der Waals surface area contributed by atoms with Crippen LogP contribution in [0, 0.1) is 0 Å². The fourth-order valence-electron chi connectivity index (χ4n) is 3.79. The fourth-order valence-corrected chi connectivity index (χ4v) is 4.25. The van der Waals surface area contributed by atoms with Gasteiger partial charge in [0.15, 0.2) is 0 Å². The number of sulfonamides is 1. The van der Waals surface area contributed by atoms with Gasteiger partial charge in [0.2, 0.25) is 15.9 Å². The average molecular weight is 444 g/mol. The quantitative estimate of drug-likeness (QED) is 0.478. The summed E-state index contributed by atoms with van der Waals surface area (Å²) in [5, 5.41) is 20.3. The van der Waals surface area contributed by atoms with Gasteiger partial charge in [0.05, 0.1) is 31.6 Å². The topological polar surface area (TPSA) is 129 Å². The lowest BCUT2D eigenvalue weighted by Gasteiger charge is -2.37. The number of hydrogen-bond donors (Lipinski definition) is 3. The molecule has 2 heterocycles. The highest BCUT2D eigenvalue weighted by Gasteiger charge is 2.44. The van der Waals surface area contributed by atoms with E-state index in [9.17, 15) is 23.4 Å². The second-order valence-electron chi connectivity index (χ2n) is 7.56. The molecule has 0 bridgehead atoms. The van der Waals surface area contributed by atoms with Crippen LogP contribution in [0.25, 0.3) is 0 Å². The first-order valence-corrected chi connectivity index (χ1v) is 11.7. The number of amides is 1. The normalized spacial score (nSPS) is 27.3. The van der Waals surface area contributed by atoms with Gasteiger partial charge in [0.25, 0.3) is 0 Å². The Labute approximate surface area is 176 Å². The molecule has 1 amide bonds. The van der Waals surface area contributed by atoms with Crippen LogP contribution >= 0.6 is 0 Å². The van der Waals surface area contributed by atoms with Crippen molar-refractivity contribution in [3.8, 4) is 5.75 Å². The van der Waals surface area contributed by atoms with Gasteiger partial charge in [-0.3, -0.25) is 4.79 Å². The summed E-state index contributed by atoms with van der Waals surface area (Å²) < 4.78 is 35.7. The number of carbonyl (C=O) groups is 1. The van der Waals surface area contributed by atoms with Gasteiger partial charge in [-0.25, -0.2) is 13.1 Å². The van der Waals surface area contributed by atoms with Crippen LogP contribution in [0.3, 0.4) is 0 Å². The first kappa shape index (κ1) is 22.8. The first-order chi connectivity index (χ1) is 14.2. The van der Waals surface area contributed by atoms with Gasteiger partial charge < -0.3 is 29.5 Å². The van der Waals surface area contributed by atoms with Crippen molar-refractivity contribution in [1.82, 2.24) is 9.62 Å². The molecule has 11 heteroatoms. The zero-order chi connectivity index (χ0) is 21.9. The molecule has 2 aliphatic rings. The molecular formula is C19H29N3O7S. The van der Waals surface area contributed by atoms with Gasteiger partial charge in [-0.05, 0) is 12.1 Å². The third-order valence-corrected chi connectivity index (χ3v) is 6.13. The number of aliphatic hydroxyl groups excluding tert-OH is 2. The Balaban J connectivity index is 1.52. The number of aliphatic hydroxyl groups is 2. The fraction of sp³-hybridized carbons (Fsp3) is 0.632. The summed E-state index contributed by atoms with van der Waals surface area (Å²) >= 11 is 0. The van der Waals surface area contributed by atoms with E-state index in [0.717, 1.165) is 17.7 Å². The van der Waals surface area contributed by atoms with E-state index < -0.39 is 34.4 Å². The number of rotatable bonds is 7. The number of carbonyl (C=O) groups excluding carboxylic acids is 1. The van der Waals surface area contributed by atoms with E-state index in [0.29, 0.717) is 26.2 Å². The van der Waals surface area contributed by atoms with Crippen molar-refractivity contribution in [2.24, 2.45) is 0 Å². The number of anilines is 1. The SMILES string of the molecule is COc1ccccc1N1CCN(C(=O)CC2OC(CNS(C)(=O)=O)C(O)C2O)CC1. The molecule has 0 saturated carbocycles. The molecule has 1 aromatic rings. The van der Waals surface area contributed by atoms with Gasteiger partial charge in [-0.15, -0.1) is 0 Å². The van der Waals surface area contributed by atoms with E-state index in [1.165, 1.54) is 0 Å². The summed E-state index contributed by atoms with van der Waals surface area (Å²) in [5.41, 5.74) is 0.978. The summed E-state index contributed by atoms with van der Waals surface area (Å²) in [7, 11) is -1.83. The Bertz CT molecular complexity index is 842. The standard InChI is InChI=1S/C19H29N3O7S/c1-28-14-6-4-3-5-13(14)21-7-9-22(10-8-21)17(23)11-15-18(24)19(25)16(29-15)12-20-30(2,26)27/h3-6,15-16,18-20,24-25H,7-12H2,1-2H3. The summed E-state index contributed by atoms with van der Waals surface area (Å²) in [6.07, 6.45) is -3.39. The molecule has 3 rings (SSSR count). The molecule has 0 aliphatic carbocycles. The van der Waals surface area contributed by atoms with E-state index in [1.54, 1.807) is 12.0 Å². The van der Waals surface area contributed by atoms with E-state index in [-0.39, 0.29) is 18.9 Å². The minimum absolute atomic E-state index is 0.0811. The lowest BCUT2D eigenvalue weighted by Crippen LogP contribution is -2.50. The molecule has 3 N–H and O–H groups in total. The zero-order valence-corrected chi connectivity index (χ0v) is 17.9. The molecule has 168 valence electrons. The third-order valence-electron chi connectivity index (χ3n) is 5.44. The zero-order valence-electron chi connectivity index (χ0n) is 17.1. The highest BCUT2D eigenvalue weighted by Crippen LogP contribution is 2.29. The monoisotopic (exact) mass is 443 g/mol. The van der Waals surface area contributed by atoms with Crippen LogP contribution in [0.1, 0.15) is 6.42 Å².